The normalized spacial score (nSPS) is 23.7. The molecule has 1 saturated heterocycles. The molecule has 2 aliphatic rings. The summed E-state index contributed by atoms with van der Waals surface area (Å²) >= 11 is 1.53. The van der Waals surface area contributed by atoms with E-state index < -0.39 is 0 Å². The smallest absolute Gasteiger partial charge is 0.259 e. The van der Waals surface area contributed by atoms with Crippen molar-refractivity contribution >= 4 is 34.7 Å². The Kier molecular flexibility index (Phi) is 4.55. The summed E-state index contributed by atoms with van der Waals surface area (Å²) in [6.45, 7) is 1.84. The molecule has 0 unspecified atom stereocenters. The quantitative estimate of drug-likeness (QED) is 0.580. The summed E-state index contributed by atoms with van der Waals surface area (Å²) in [4.78, 5) is 30.7. The van der Waals surface area contributed by atoms with Crippen LogP contribution < -0.4 is 15.5 Å². The largest absolute Gasteiger partial charge is 0.392 e. The van der Waals surface area contributed by atoms with E-state index in [4.69, 9.17) is 0 Å². The topological polar surface area (TPSA) is 119 Å². The van der Waals surface area contributed by atoms with Gasteiger partial charge in [-0.25, -0.2) is 15.0 Å². The van der Waals surface area contributed by atoms with Crippen molar-refractivity contribution in [1.29, 1.82) is 0 Å². The number of hydrogen-bond donors (Lipinski definition) is 4. The van der Waals surface area contributed by atoms with E-state index in [1.807, 2.05) is 11.1 Å². The number of hydrogen-bond acceptors (Lipinski definition) is 8. The van der Waals surface area contributed by atoms with Gasteiger partial charge in [-0.1, -0.05) is 0 Å². The fourth-order valence-electron chi connectivity index (χ4n) is 3.01. The highest BCUT2D eigenvalue weighted by atomic mass is 32.2. The number of aliphatic hydroxyl groups excluding tert-OH is 1. The Morgan fingerprint density at radius 2 is 2.36 bits per heavy atom. The zero-order chi connectivity index (χ0) is 17.2. The number of aliphatic hydroxyl groups is 1. The first kappa shape index (κ1) is 16.3. The van der Waals surface area contributed by atoms with E-state index >= 15 is 0 Å². The summed E-state index contributed by atoms with van der Waals surface area (Å²) in [5.74, 6) is 1.40. The first-order valence-corrected chi connectivity index (χ1v) is 9.14. The van der Waals surface area contributed by atoms with Crippen LogP contribution in [0.2, 0.25) is 0 Å². The lowest BCUT2D eigenvalue weighted by Crippen LogP contribution is -2.38. The number of β-amino-alcohol motifs (C(OH)–C–C–N with tert-alkyl or cyclic N) is 1. The van der Waals surface area contributed by atoms with E-state index in [2.05, 4.69) is 30.6 Å². The molecule has 2 aliphatic heterocycles. The Hall–Kier alpha value is -2.17. The monoisotopic (exact) mass is 361 g/mol. The van der Waals surface area contributed by atoms with Crippen LogP contribution in [0.4, 0.5) is 5.82 Å². The van der Waals surface area contributed by atoms with Crippen LogP contribution in [0, 0.1) is 0 Å². The molecule has 0 aliphatic carbocycles. The SMILES string of the molecule is O=C(NC[C@H]1C[C@@H](O)CN1)C1=CN(c2ncnc3nc[nH]c23)CCS1. The van der Waals surface area contributed by atoms with Crippen molar-refractivity contribution in [2.45, 2.75) is 18.6 Å². The maximum atomic E-state index is 12.5. The van der Waals surface area contributed by atoms with E-state index in [9.17, 15) is 9.90 Å². The van der Waals surface area contributed by atoms with Gasteiger partial charge in [-0.15, -0.1) is 11.8 Å². The number of H-pyrrole nitrogens is 1. The minimum Gasteiger partial charge on any atom is -0.392 e. The van der Waals surface area contributed by atoms with Crippen LogP contribution >= 0.6 is 11.8 Å². The molecule has 4 rings (SSSR count). The van der Waals surface area contributed by atoms with Gasteiger partial charge in [0.15, 0.2) is 11.5 Å². The van der Waals surface area contributed by atoms with E-state index in [0.717, 1.165) is 17.8 Å². The number of nitrogens with zero attached hydrogens (tertiary/aromatic N) is 4. The van der Waals surface area contributed by atoms with Gasteiger partial charge < -0.3 is 25.6 Å². The minimum absolute atomic E-state index is 0.104. The number of aromatic amines is 1. The second-order valence-electron chi connectivity index (χ2n) is 6.04. The molecule has 4 N–H and O–H groups in total. The highest BCUT2D eigenvalue weighted by Crippen LogP contribution is 2.27. The predicted molar refractivity (Wildman–Crippen MR) is 95.0 cm³/mol. The van der Waals surface area contributed by atoms with Crippen molar-refractivity contribution in [1.82, 2.24) is 30.6 Å². The standard InChI is InChI=1S/C15H19N7O2S/c23-10-3-9(16-5-10)4-17-15(24)11-6-22(1-2-25-11)14-12-13(19-7-18-12)20-8-21-14/h6-10,16,23H,1-5H2,(H,17,24)(H,18,19,20,21)/t9-,10-/m1/s1. The van der Waals surface area contributed by atoms with Crippen LogP contribution in [0.15, 0.2) is 23.8 Å². The third kappa shape index (κ3) is 3.46. The van der Waals surface area contributed by atoms with E-state index in [1.54, 1.807) is 6.33 Å². The summed E-state index contributed by atoms with van der Waals surface area (Å²) in [7, 11) is 0. The molecule has 0 saturated carbocycles. The van der Waals surface area contributed by atoms with Crippen molar-refractivity contribution in [3.63, 3.8) is 0 Å². The number of fused-ring (bicyclic) bond motifs is 1. The second kappa shape index (κ2) is 6.98. The van der Waals surface area contributed by atoms with Crippen molar-refractivity contribution < 1.29 is 9.90 Å². The Morgan fingerprint density at radius 3 is 3.20 bits per heavy atom. The summed E-state index contributed by atoms with van der Waals surface area (Å²) in [5, 5.41) is 15.7. The molecule has 25 heavy (non-hydrogen) atoms. The number of rotatable bonds is 4. The van der Waals surface area contributed by atoms with Crippen molar-refractivity contribution in [3.05, 3.63) is 23.8 Å². The molecule has 0 spiro atoms. The average molecular weight is 361 g/mol. The molecule has 2 aromatic heterocycles. The Bertz CT molecular complexity index is 808. The molecular weight excluding hydrogens is 342 g/mol. The summed E-state index contributed by atoms with van der Waals surface area (Å²) in [5.41, 5.74) is 1.36. The molecular formula is C15H19N7O2S. The first-order chi connectivity index (χ1) is 12.2. The van der Waals surface area contributed by atoms with E-state index in [1.165, 1.54) is 18.1 Å². The maximum absolute atomic E-state index is 12.5. The fraction of sp³-hybridized carbons (Fsp3) is 0.467. The number of nitrogens with one attached hydrogen (secondary N) is 3. The number of carbonyl (C=O) groups is 1. The highest BCUT2D eigenvalue weighted by Gasteiger charge is 2.24. The number of imidazole rings is 1. The zero-order valence-corrected chi connectivity index (χ0v) is 14.3. The van der Waals surface area contributed by atoms with Gasteiger partial charge >= 0.3 is 0 Å². The van der Waals surface area contributed by atoms with Gasteiger partial charge in [0, 0.05) is 37.6 Å². The minimum atomic E-state index is -0.324. The summed E-state index contributed by atoms with van der Waals surface area (Å²) in [6.07, 6.45) is 5.22. The van der Waals surface area contributed by atoms with Crippen LogP contribution in [0.3, 0.4) is 0 Å². The van der Waals surface area contributed by atoms with Gasteiger partial charge in [0.2, 0.25) is 0 Å². The van der Waals surface area contributed by atoms with E-state index in [0.29, 0.717) is 35.9 Å². The van der Waals surface area contributed by atoms with Crippen molar-refractivity contribution in [2.24, 2.45) is 0 Å². The lowest BCUT2D eigenvalue weighted by Gasteiger charge is -2.25. The number of thioether (sulfide) groups is 1. The molecule has 1 amide bonds. The fourth-order valence-corrected chi connectivity index (χ4v) is 3.93. The van der Waals surface area contributed by atoms with Gasteiger partial charge in [0.05, 0.1) is 17.3 Å². The Balaban J connectivity index is 1.46. The number of anilines is 1. The number of carbonyl (C=O) groups excluding carboxylic acids is 1. The molecule has 0 aromatic carbocycles. The lowest BCUT2D eigenvalue weighted by atomic mass is 10.2. The molecule has 4 heterocycles. The molecule has 9 nitrogen and oxygen atoms in total. The Morgan fingerprint density at radius 1 is 1.44 bits per heavy atom. The van der Waals surface area contributed by atoms with Gasteiger partial charge in [0.25, 0.3) is 5.91 Å². The van der Waals surface area contributed by atoms with Crippen LogP contribution in [-0.2, 0) is 4.79 Å². The van der Waals surface area contributed by atoms with Crippen molar-refractivity contribution in [3.8, 4) is 0 Å². The van der Waals surface area contributed by atoms with Crippen LogP contribution in [-0.4, -0.2) is 68.5 Å². The number of aromatic nitrogens is 4. The molecule has 2 atom stereocenters. The van der Waals surface area contributed by atoms with Gasteiger partial charge in [-0.3, -0.25) is 4.79 Å². The van der Waals surface area contributed by atoms with Gasteiger partial charge in [-0.05, 0) is 6.42 Å². The third-order valence-corrected chi connectivity index (χ3v) is 5.26. The highest BCUT2D eigenvalue weighted by molar-refractivity contribution is 8.04. The predicted octanol–water partition coefficient (Wildman–Crippen LogP) is -0.413. The van der Waals surface area contributed by atoms with Crippen molar-refractivity contribution in [2.75, 3.05) is 30.3 Å². The van der Waals surface area contributed by atoms with Crippen LogP contribution in [0.1, 0.15) is 6.42 Å². The van der Waals surface area contributed by atoms with Crippen LogP contribution in [0.5, 0.6) is 0 Å². The maximum Gasteiger partial charge on any atom is 0.259 e. The summed E-state index contributed by atoms with van der Waals surface area (Å²) < 4.78 is 0. The first-order valence-electron chi connectivity index (χ1n) is 8.15. The second-order valence-corrected chi connectivity index (χ2v) is 7.18. The van der Waals surface area contributed by atoms with E-state index in [-0.39, 0.29) is 18.1 Å². The third-order valence-electron chi connectivity index (χ3n) is 4.27. The van der Waals surface area contributed by atoms with Crippen LogP contribution in [0.25, 0.3) is 11.2 Å². The molecule has 1 fully saturated rings. The number of amides is 1. The molecule has 10 heteroatoms. The zero-order valence-electron chi connectivity index (χ0n) is 13.5. The van der Waals surface area contributed by atoms with Gasteiger partial charge in [-0.2, -0.15) is 0 Å². The lowest BCUT2D eigenvalue weighted by molar-refractivity contribution is -0.116. The van der Waals surface area contributed by atoms with Gasteiger partial charge in [0.1, 0.15) is 11.8 Å². The molecule has 0 radical (unpaired) electrons. The molecule has 0 bridgehead atoms. The average Bonchev–Trinajstić information content (AvgIpc) is 3.28. The Labute approximate surface area is 148 Å². The molecule has 132 valence electrons. The summed E-state index contributed by atoms with van der Waals surface area (Å²) in [6, 6.07) is 0.121. The molecule has 2 aromatic rings.